The molecule has 0 bridgehead atoms. The van der Waals surface area contributed by atoms with Crippen molar-refractivity contribution in [2.75, 3.05) is 19.7 Å². The van der Waals surface area contributed by atoms with E-state index in [0.717, 1.165) is 54.6 Å². The van der Waals surface area contributed by atoms with Gasteiger partial charge in [0.25, 0.3) is 0 Å². The molecule has 1 fully saturated rings. The zero-order chi connectivity index (χ0) is 15.5. The molecule has 2 aromatic heterocycles. The summed E-state index contributed by atoms with van der Waals surface area (Å²) < 4.78 is 7.65. The van der Waals surface area contributed by atoms with Crippen molar-refractivity contribution < 1.29 is 4.74 Å². The van der Waals surface area contributed by atoms with Crippen LogP contribution in [0, 0.1) is 0 Å². The molecule has 0 N–H and O–H groups in total. The summed E-state index contributed by atoms with van der Waals surface area (Å²) in [5, 5.41) is 5.23. The van der Waals surface area contributed by atoms with Crippen molar-refractivity contribution in [3.8, 4) is 0 Å². The van der Waals surface area contributed by atoms with Crippen LogP contribution in [0.25, 0.3) is 0 Å². The van der Waals surface area contributed by atoms with Crippen molar-refractivity contribution in [3.63, 3.8) is 0 Å². The summed E-state index contributed by atoms with van der Waals surface area (Å²) in [5.41, 5.74) is 3.34. The van der Waals surface area contributed by atoms with E-state index in [4.69, 9.17) is 16.3 Å². The average Bonchev–Trinajstić information content (AvgIpc) is 2.84. The molecule has 0 amide bonds. The second-order valence-corrected chi connectivity index (χ2v) is 5.93. The Kier molecular flexibility index (Phi) is 4.76. The molecule has 1 aliphatic heterocycles. The Hall–Kier alpha value is -1.43. The maximum atomic E-state index is 6.40. The molecule has 0 radical (unpaired) electrons. The predicted octanol–water partition coefficient (Wildman–Crippen LogP) is 2.60. The third kappa shape index (κ3) is 3.16. The molecule has 0 aromatic carbocycles. The van der Waals surface area contributed by atoms with E-state index in [1.165, 1.54) is 0 Å². The molecule has 3 rings (SSSR count). The van der Waals surface area contributed by atoms with Crippen LogP contribution in [0.5, 0.6) is 0 Å². The molecule has 6 heteroatoms. The lowest BCUT2D eigenvalue weighted by molar-refractivity contribution is -0.0331. The Morgan fingerprint density at radius 3 is 3.05 bits per heavy atom. The van der Waals surface area contributed by atoms with Crippen LogP contribution < -0.4 is 0 Å². The monoisotopic (exact) mass is 320 g/mol. The largest absolute Gasteiger partial charge is 0.371 e. The number of nitrogens with zero attached hydrogens (tertiary/aromatic N) is 4. The van der Waals surface area contributed by atoms with E-state index in [0.29, 0.717) is 0 Å². The van der Waals surface area contributed by atoms with E-state index in [2.05, 4.69) is 28.0 Å². The number of hydrogen-bond acceptors (Lipinski definition) is 4. The summed E-state index contributed by atoms with van der Waals surface area (Å²) in [4.78, 5) is 6.56. The first kappa shape index (κ1) is 15.5. The molecule has 0 saturated carbocycles. The Morgan fingerprint density at radius 1 is 1.45 bits per heavy atom. The van der Waals surface area contributed by atoms with Crippen LogP contribution in [0.3, 0.4) is 0 Å². The number of aryl methyl sites for hydroxylation is 2. The molecular weight excluding hydrogens is 300 g/mol. The van der Waals surface area contributed by atoms with Crippen molar-refractivity contribution >= 4 is 11.6 Å². The van der Waals surface area contributed by atoms with Crippen molar-refractivity contribution in [1.82, 2.24) is 19.7 Å². The first-order valence-electron chi connectivity index (χ1n) is 7.63. The van der Waals surface area contributed by atoms with Crippen molar-refractivity contribution in [3.05, 3.63) is 46.5 Å². The van der Waals surface area contributed by atoms with Crippen molar-refractivity contribution in [2.45, 2.75) is 26.0 Å². The fourth-order valence-corrected chi connectivity index (χ4v) is 3.08. The Balaban J connectivity index is 1.73. The molecule has 118 valence electrons. The van der Waals surface area contributed by atoms with Gasteiger partial charge in [0.1, 0.15) is 5.15 Å². The van der Waals surface area contributed by atoms with Crippen LogP contribution in [0.4, 0.5) is 0 Å². The summed E-state index contributed by atoms with van der Waals surface area (Å²) in [6, 6.07) is 4.01. The van der Waals surface area contributed by atoms with Gasteiger partial charge in [0.05, 0.1) is 18.4 Å². The minimum Gasteiger partial charge on any atom is -0.371 e. The fourth-order valence-electron chi connectivity index (χ4n) is 2.88. The maximum absolute atomic E-state index is 6.40. The van der Waals surface area contributed by atoms with Crippen LogP contribution in [0.2, 0.25) is 5.15 Å². The summed E-state index contributed by atoms with van der Waals surface area (Å²) in [6.45, 7) is 5.40. The van der Waals surface area contributed by atoms with Crippen molar-refractivity contribution in [1.29, 1.82) is 0 Å². The van der Waals surface area contributed by atoms with E-state index in [-0.39, 0.29) is 6.10 Å². The number of rotatable bonds is 4. The second kappa shape index (κ2) is 6.77. The van der Waals surface area contributed by atoms with Gasteiger partial charge >= 0.3 is 0 Å². The summed E-state index contributed by atoms with van der Waals surface area (Å²) in [5.74, 6) is 0. The molecule has 0 spiro atoms. The molecule has 5 nitrogen and oxygen atoms in total. The van der Waals surface area contributed by atoms with Gasteiger partial charge in [-0.3, -0.25) is 14.6 Å². The van der Waals surface area contributed by atoms with Gasteiger partial charge in [0.15, 0.2) is 0 Å². The van der Waals surface area contributed by atoms with Gasteiger partial charge < -0.3 is 4.74 Å². The highest BCUT2D eigenvalue weighted by Crippen LogP contribution is 2.26. The maximum Gasteiger partial charge on any atom is 0.131 e. The Labute approximate surface area is 135 Å². The van der Waals surface area contributed by atoms with E-state index in [9.17, 15) is 0 Å². The lowest BCUT2D eigenvalue weighted by Crippen LogP contribution is -2.38. The van der Waals surface area contributed by atoms with Gasteiger partial charge in [0.2, 0.25) is 0 Å². The highest BCUT2D eigenvalue weighted by Gasteiger charge is 2.24. The third-order valence-electron chi connectivity index (χ3n) is 4.08. The molecular formula is C16H21ClN4O. The SMILES string of the molecule is CCc1nn(C)c(Cl)c1CN1CCOC(c2cccnc2)C1. The molecule has 0 aliphatic carbocycles. The normalized spacial score (nSPS) is 19.5. The van der Waals surface area contributed by atoms with Gasteiger partial charge in [-0.15, -0.1) is 0 Å². The first-order chi connectivity index (χ1) is 10.7. The number of morpholine rings is 1. The zero-order valence-corrected chi connectivity index (χ0v) is 13.8. The van der Waals surface area contributed by atoms with Crippen LogP contribution in [0.1, 0.15) is 29.8 Å². The minimum atomic E-state index is 0.0722. The lowest BCUT2D eigenvalue weighted by atomic mass is 10.1. The topological polar surface area (TPSA) is 43.2 Å². The average molecular weight is 321 g/mol. The third-order valence-corrected chi connectivity index (χ3v) is 4.55. The molecule has 1 saturated heterocycles. The van der Waals surface area contributed by atoms with E-state index in [1.807, 2.05) is 19.3 Å². The van der Waals surface area contributed by atoms with Gasteiger partial charge in [-0.1, -0.05) is 24.6 Å². The van der Waals surface area contributed by atoms with Crippen LogP contribution >= 0.6 is 11.6 Å². The van der Waals surface area contributed by atoms with Crippen molar-refractivity contribution in [2.24, 2.45) is 7.05 Å². The summed E-state index contributed by atoms with van der Waals surface area (Å²) >= 11 is 6.40. The standard InChI is InChI=1S/C16H21ClN4O/c1-3-14-13(16(17)20(2)19-14)10-21-7-8-22-15(11-21)12-5-4-6-18-9-12/h4-6,9,15H,3,7-8,10-11H2,1-2H3. The molecule has 1 unspecified atom stereocenters. The number of ether oxygens (including phenoxy) is 1. The van der Waals surface area contributed by atoms with E-state index < -0.39 is 0 Å². The van der Waals surface area contributed by atoms with Gasteiger partial charge in [-0.25, -0.2) is 0 Å². The van der Waals surface area contributed by atoms with Crippen LogP contribution in [-0.4, -0.2) is 39.4 Å². The highest BCUT2D eigenvalue weighted by atomic mass is 35.5. The highest BCUT2D eigenvalue weighted by molar-refractivity contribution is 6.30. The minimum absolute atomic E-state index is 0.0722. The van der Waals surface area contributed by atoms with E-state index >= 15 is 0 Å². The summed E-state index contributed by atoms with van der Waals surface area (Å²) in [7, 11) is 1.89. The van der Waals surface area contributed by atoms with Gasteiger partial charge in [-0.2, -0.15) is 5.10 Å². The van der Waals surface area contributed by atoms with Crippen LogP contribution in [0.15, 0.2) is 24.5 Å². The Bertz CT molecular complexity index is 629. The quantitative estimate of drug-likeness (QED) is 0.868. The molecule has 1 aliphatic rings. The molecule has 1 atom stereocenters. The zero-order valence-electron chi connectivity index (χ0n) is 13.0. The number of aromatic nitrogens is 3. The molecule has 3 heterocycles. The molecule has 2 aromatic rings. The number of hydrogen-bond donors (Lipinski definition) is 0. The number of halogens is 1. The summed E-state index contributed by atoms with van der Waals surface area (Å²) in [6.07, 6.45) is 4.63. The smallest absolute Gasteiger partial charge is 0.131 e. The van der Waals surface area contributed by atoms with Crippen LogP contribution in [-0.2, 0) is 24.8 Å². The predicted molar refractivity (Wildman–Crippen MR) is 85.8 cm³/mol. The van der Waals surface area contributed by atoms with E-state index in [1.54, 1.807) is 10.9 Å². The fraction of sp³-hybridized carbons (Fsp3) is 0.500. The second-order valence-electron chi connectivity index (χ2n) is 5.57. The van der Waals surface area contributed by atoms with Gasteiger partial charge in [0, 0.05) is 50.2 Å². The van der Waals surface area contributed by atoms with Gasteiger partial charge in [-0.05, 0) is 12.5 Å². The first-order valence-corrected chi connectivity index (χ1v) is 8.01. The molecule has 22 heavy (non-hydrogen) atoms. The Morgan fingerprint density at radius 2 is 2.32 bits per heavy atom. The number of pyridine rings is 1. The lowest BCUT2D eigenvalue weighted by Gasteiger charge is -2.33.